The first-order valence-corrected chi connectivity index (χ1v) is 13.7. The molecule has 0 saturated carbocycles. The molecule has 3 N–H and O–H groups in total. The molecule has 0 aliphatic heterocycles. The Bertz CT molecular complexity index is 1390. The van der Waals surface area contributed by atoms with Gasteiger partial charge in [0.15, 0.2) is 0 Å². The van der Waals surface area contributed by atoms with E-state index in [4.69, 9.17) is 0 Å². The van der Waals surface area contributed by atoms with Crippen LogP contribution in [-0.4, -0.2) is 34.3 Å². The molecule has 0 saturated heterocycles. The molecule has 1 aromatic heterocycles. The predicted octanol–water partition coefficient (Wildman–Crippen LogP) is 6.20. The van der Waals surface area contributed by atoms with Crippen molar-refractivity contribution in [1.82, 2.24) is 15.2 Å². The molecular formula is C32H38ClF2N3O2. The standard InChI is InChI=1S/C32H37F2N3O2.ClH/c1-3-5-12-37-13-11-25-18-26(9-10-30(25)37)32(39)36-29(17-24-15-27(33)19-28(34)16-24)31(38)21-35-20-23-8-6-7-22(4-2)14-23;/h6-11,13-16,18-19,29,31,35,38H,3-5,12,17,20-21H2,1-2H3,(H,36,39);1H/t29-,31-;/m0./s1. The van der Waals surface area contributed by atoms with Gasteiger partial charge in [-0.1, -0.05) is 44.5 Å². The molecule has 0 bridgehead atoms. The van der Waals surface area contributed by atoms with Crippen LogP contribution >= 0.6 is 12.4 Å². The van der Waals surface area contributed by atoms with E-state index in [0.717, 1.165) is 48.3 Å². The van der Waals surface area contributed by atoms with Crippen molar-refractivity contribution >= 4 is 29.2 Å². The lowest BCUT2D eigenvalue weighted by Gasteiger charge is -2.25. The third kappa shape index (κ3) is 8.37. The molecule has 1 heterocycles. The normalized spacial score (nSPS) is 12.6. The first kappa shape index (κ1) is 31.3. The molecule has 214 valence electrons. The number of aliphatic hydroxyl groups is 1. The summed E-state index contributed by atoms with van der Waals surface area (Å²) in [7, 11) is 0. The second-order valence-electron chi connectivity index (χ2n) is 10.1. The maximum atomic E-state index is 13.9. The number of hydrogen-bond donors (Lipinski definition) is 3. The highest BCUT2D eigenvalue weighted by Gasteiger charge is 2.23. The molecule has 0 spiro atoms. The molecule has 40 heavy (non-hydrogen) atoms. The van der Waals surface area contributed by atoms with Gasteiger partial charge in [0.1, 0.15) is 11.6 Å². The Morgan fingerprint density at radius 3 is 2.42 bits per heavy atom. The van der Waals surface area contributed by atoms with Gasteiger partial charge in [-0.2, -0.15) is 0 Å². The monoisotopic (exact) mass is 569 g/mol. The summed E-state index contributed by atoms with van der Waals surface area (Å²) < 4.78 is 29.9. The van der Waals surface area contributed by atoms with Crippen LogP contribution in [0.3, 0.4) is 0 Å². The van der Waals surface area contributed by atoms with E-state index in [2.05, 4.69) is 41.2 Å². The minimum Gasteiger partial charge on any atom is -0.390 e. The Hall–Kier alpha value is -3.26. The second kappa shape index (κ2) is 14.9. The van der Waals surface area contributed by atoms with Gasteiger partial charge in [-0.05, 0) is 72.4 Å². The van der Waals surface area contributed by atoms with Crippen LogP contribution in [0.15, 0.2) is 72.9 Å². The van der Waals surface area contributed by atoms with Gasteiger partial charge >= 0.3 is 0 Å². The smallest absolute Gasteiger partial charge is 0.251 e. The van der Waals surface area contributed by atoms with Crippen LogP contribution in [0.4, 0.5) is 8.78 Å². The molecule has 8 heteroatoms. The summed E-state index contributed by atoms with van der Waals surface area (Å²) in [6.45, 7) is 5.90. The molecule has 5 nitrogen and oxygen atoms in total. The number of carbonyl (C=O) groups is 1. The fourth-order valence-corrected chi connectivity index (χ4v) is 4.85. The molecule has 4 rings (SSSR count). The van der Waals surface area contributed by atoms with Crippen LogP contribution in [0.5, 0.6) is 0 Å². The number of nitrogens with one attached hydrogen (secondary N) is 2. The van der Waals surface area contributed by atoms with Crippen molar-refractivity contribution in [3.05, 3.63) is 107 Å². The number of hydrogen-bond acceptors (Lipinski definition) is 3. The summed E-state index contributed by atoms with van der Waals surface area (Å²) in [4.78, 5) is 13.3. The summed E-state index contributed by atoms with van der Waals surface area (Å²) in [5, 5.41) is 18.2. The second-order valence-corrected chi connectivity index (χ2v) is 10.1. The van der Waals surface area contributed by atoms with Crippen molar-refractivity contribution in [2.24, 2.45) is 0 Å². The zero-order chi connectivity index (χ0) is 27.8. The van der Waals surface area contributed by atoms with Crippen LogP contribution in [0.2, 0.25) is 0 Å². The number of fused-ring (bicyclic) bond motifs is 1. The number of halogens is 3. The van der Waals surface area contributed by atoms with Crippen LogP contribution in [0.1, 0.15) is 53.7 Å². The molecule has 4 aromatic rings. The lowest BCUT2D eigenvalue weighted by atomic mass is 9.99. The molecule has 0 aliphatic rings. The SMILES string of the molecule is CCCCn1ccc2cc(C(=O)N[C@@H](Cc3cc(F)cc(F)c3)[C@@H](O)CNCc3cccc(CC)c3)ccc21.Cl. The molecular weight excluding hydrogens is 532 g/mol. The van der Waals surface area contributed by atoms with Crippen molar-refractivity contribution < 1.29 is 18.7 Å². The number of aryl methyl sites for hydroxylation is 2. The molecule has 2 atom stereocenters. The van der Waals surface area contributed by atoms with Crippen LogP contribution in [-0.2, 0) is 25.9 Å². The lowest BCUT2D eigenvalue weighted by Crippen LogP contribution is -2.48. The minimum atomic E-state index is -0.992. The minimum absolute atomic E-state index is 0. The van der Waals surface area contributed by atoms with Crippen molar-refractivity contribution in [3.63, 3.8) is 0 Å². The quantitative estimate of drug-likeness (QED) is 0.180. The number of amides is 1. The first-order chi connectivity index (χ1) is 18.9. The molecule has 0 aliphatic carbocycles. The van der Waals surface area contributed by atoms with Gasteiger partial charge in [-0.25, -0.2) is 8.78 Å². The fourth-order valence-electron chi connectivity index (χ4n) is 4.85. The Morgan fingerprint density at radius 2 is 1.70 bits per heavy atom. The number of benzene rings is 3. The first-order valence-electron chi connectivity index (χ1n) is 13.7. The summed E-state index contributed by atoms with van der Waals surface area (Å²) >= 11 is 0. The summed E-state index contributed by atoms with van der Waals surface area (Å²) in [6, 6.07) is 18.2. The van der Waals surface area contributed by atoms with E-state index in [-0.39, 0.29) is 31.3 Å². The number of nitrogens with zero attached hydrogens (tertiary/aromatic N) is 1. The van der Waals surface area contributed by atoms with Gasteiger partial charge in [0.2, 0.25) is 0 Å². The average Bonchev–Trinajstić information content (AvgIpc) is 3.33. The molecule has 0 fully saturated rings. The van der Waals surface area contributed by atoms with Gasteiger partial charge in [0.25, 0.3) is 5.91 Å². The molecule has 3 aromatic carbocycles. The maximum absolute atomic E-state index is 13.9. The molecule has 0 unspecified atom stereocenters. The van der Waals surface area contributed by atoms with Gasteiger partial charge < -0.3 is 20.3 Å². The number of aliphatic hydroxyl groups excluding tert-OH is 1. The van der Waals surface area contributed by atoms with E-state index in [9.17, 15) is 18.7 Å². The fraction of sp³-hybridized carbons (Fsp3) is 0.344. The van der Waals surface area contributed by atoms with E-state index in [0.29, 0.717) is 17.7 Å². The Morgan fingerprint density at radius 1 is 0.950 bits per heavy atom. The third-order valence-corrected chi connectivity index (χ3v) is 7.03. The van der Waals surface area contributed by atoms with Crippen LogP contribution in [0, 0.1) is 11.6 Å². The summed E-state index contributed by atoms with van der Waals surface area (Å²) in [5.74, 6) is -1.75. The van der Waals surface area contributed by atoms with E-state index in [1.54, 1.807) is 6.07 Å². The average molecular weight is 570 g/mol. The third-order valence-electron chi connectivity index (χ3n) is 7.03. The van der Waals surface area contributed by atoms with E-state index in [1.807, 2.05) is 36.5 Å². The van der Waals surface area contributed by atoms with E-state index < -0.39 is 23.8 Å². The zero-order valence-corrected chi connectivity index (χ0v) is 23.8. The van der Waals surface area contributed by atoms with E-state index >= 15 is 0 Å². The van der Waals surface area contributed by atoms with E-state index in [1.165, 1.54) is 17.7 Å². The Kier molecular flexibility index (Phi) is 11.7. The summed E-state index contributed by atoms with van der Waals surface area (Å²) in [5.41, 5.74) is 4.20. The number of carbonyl (C=O) groups excluding carboxylic acids is 1. The van der Waals surface area contributed by atoms with Gasteiger partial charge in [-0.3, -0.25) is 4.79 Å². The topological polar surface area (TPSA) is 66.3 Å². The Balaban J connectivity index is 0.00000441. The van der Waals surface area contributed by atoms with Gasteiger partial charge in [-0.15, -0.1) is 12.4 Å². The molecule has 0 radical (unpaired) electrons. The highest BCUT2D eigenvalue weighted by Crippen LogP contribution is 2.19. The number of rotatable bonds is 13. The van der Waals surface area contributed by atoms with Crippen LogP contribution < -0.4 is 10.6 Å². The number of unbranched alkanes of at least 4 members (excludes halogenated alkanes) is 1. The van der Waals surface area contributed by atoms with Gasteiger partial charge in [0.05, 0.1) is 12.1 Å². The van der Waals surface area contributed by atoms with Crippen molar-refractivity contribution in [2.45, 2.75) is 64.8 Å². The lowest BCUT2D eigenvalue weighted by molar-refractivity contribution is 0.0830. The van der Waals surface area contributed by atoms with Gasteiger partial charge in [0, 0.05) is 48.4 Å². The van der Waals surface area contributed by atoms with Crippen molar-refractivity contribution in [2.75, 3.05) is 6.54 Å². The number of aromatic nitrogens is 1. The van der Waals surface area contributed by atoms with Crippen LogP contribution in [0.25, 0.3) is 10.9 Å². The maximum Gasteiger partial charge on any atom is 0.251 e. The van der Waals surface area contributed by atoms with Crippen molar-refractivity contribution in [1.29, 1.82) is 0 Å². The highest BCUT2D eigenvalue weighted by molar-refractivity contribution is 5.98. The zero-order valence-electron chi connectivity index (χ0n) is 23.0. The molecule has 1 amide bonds. The summed E-state index contributed by atoms with van der Waals surface area (Å²) in [6.07, 6.45) is 4.21. The highest BCUT2D eigenvalue weighted by atomic mass is 35.5. The Labute approximate surface area is 241 Å². The predicted molar refractivity (Wildman–Crippen MR) is 159 cm³/mol. The van der Waals surface area contributed by atoms with Crippen molar-refractivity contribution in [3.8, 4) is 0 Å². The largest absolute Gasteiger partial charge is 0.390 e.